The number of aromatic nitrogens is 3. The van der Waals surface area contributed by atoms with E-state index in [-0.39, 0.29) is 5.28 Å². The van der Waals surface area contributed by atoms with Gasteiger partial charge >= 0.3 is 0 Å². The number of rotatable bonds is 6. The van der Waals surface area contributed by atoms with Gasteiger partial charge in [-0.15, -0.1) is 0 Å². The van der Waals surface area contributed by atoms with Gasteiger partial charge in [-0.3, -0.25) is 0 Å². The Kier molecular flexibility index (Phi) is 5.37. The van der Waals surface area contributed by atoms with Crippen molar-refractivity contribution in [2.24, 2.45) is 0 Å². The highest BCUT2D eigenvalue weighted by atomic mass is 35.5. The molecule has 0 saturated carbocycles. The normalized spacial score (nSPS) is 18.9. The summed E-state index contributed by atoms with van der Waals surface area (Å²) in [7, 11) is 4.18. The molecule has 2 rings (SSSR count). The molecule has 1 saturated heterocycles. The molecule has 0 bridgehead atoms. The van der Waals surface area contributed by atoms with Gasteiger partial charge in [-0.05, 0) is 45.0 Å². The van der Waals surface area contributed by atoms with Crippen LogP contribution in [0.3, 0.4) is 0 Å². The lowest BCUT2D eigenvalue weighted by molar-refractivity contribution is 0.371. The Hall–Kier alpha value is -1.14. The van der Waals surface area contributed by atoms with Crippen molar-refractivity contribution >= 4 is 23.5 Å². The molecule has 1 fully saturated rings. The molecule has 0 radical (unpaired) electrons. The third-order valence-electron chi connectivity index (χ3n) is 3.34. The molecule has 7 heteroatoms. The predicted molar refractivity (Wildman–Crippen MR) is 82.5 cm³/mol. The van der Waals surface area contributed by atoms with Crippen molar-refractivity contribution in [1.82, 2.24) is 19.9 Å². The van der Waals surface area contributed by atoms with Crippen molar-refractivity contribution in [1.29, 1.82) is 0 Å². The second-order valence-corrected chi connectivity index (χ2v) is 5.74. The summed E-state index contributed by atoms with van der Waals surface area (Å²) in [6, 6.07) is 0.447. The fraction of sp³-hybridized carbons (Fsp3) is 0.769. The van der Waals surface area contributed by atoms with Crippen molar-refractivity contribution < 1.29 is 0 Å². The molecule has 1 aliphatic heterocycles. The summed E-state index contributed by atoms with van der Waals surface area (Å²) in [6.07, 6.45) is 3.35. The van der Waals surface area contributed by atoms with Gasteiger partial charge in [-0.2, -0.15) is 15.0 Å². The van der Waals surface area contributed by atoms with E-state index in [0.717, 1.165) is 26.1 Å². The number of anilines is 2. The molecular weight excluding hydrogens is 276 g/mol. The summed E-state index contributed by atoms with van der Waals surface area (Å²) in [6.45, 7) is 4.91. The van der Waals surface area contributed by atoms with Gasteiger partial charge in [0.25, 0.3) is 0 Å². The molecule has 0 spiro atoms. The summed E-state index contributed by atoms with van der Waals surface area (Å²) in [5.74, 6) is 1.25. The number of nitrogens with zero attached hydrogens (tertiary/aromatic N) is 5. The number of likely N-dealkylation sites (N-methyl/N-ethyl adjacent to an activating group) is 1. The molecule has 2 heterocycles. The van der Waals surface area contributed by atoms with Gasteiger partial charge in [0.1, 0.15) is 0 Å². The third kappa shape index (κ3) is 3.93. The maximum atomic E-state index is 6.02. The van der Waals surface area contributed by atoms with Crippen LogP contribution in [0.5, 0.6) is 0 Å². The molecule has 1 aromatic rings. The maximum Gasteiger partial charge on any atom is 0.231 e. The number of hydrogen-bond acceptors (Lipinski definition) is 6. The van der Waals surface area contributed by atoms with E-state index in [0.29, 0.717) is 17.9 Å². The largest absolute Gasteiger partial charge is 0.354 e. The Bertz CT molecular complexity index is 439. The van der Waals surface area contributed by atoms with Crippen LogP contribution in [0.25, 0.3) is 0 Å². The van der Waals surface area contributed by atoms with E-state index in [1.165, 1.54) is 12.8 Å². The first-order valence-corrected chi connectivity index (χ1v) is 7.54. The summed E-state index contributed by atoms with van der Waals surface area (Å²) in [4.78, 5) is 17.4. The molecule has 1 aromatic heterocycles. The zero-order chi connectivity index (χ0) is 14.5. The molecular formula is C13H23ClN6. The lowest BCUT2D eigenvalue weighted by Gasteiger charge is -2.27. The van der Waals surface area contributed by atoms with Crippen LogP contribution in [0.1, 0.15) is 26.2 Å². The summed E-state index contributed by atoms with van der Waals surface area (Å²) < 4.78 is 0. The fourth-order valence-electron chi connectivity index (χ4n) is 2.49. The molecule has 1 N–H and O–H groups in total. The van der Waals surface area contributed by atoms with E-state index in [4.69, 9.17) is 11.6 Å². The first-order chi connectivity index (χ1) is 9.60. The average molecular weight is 299 g/mol. The van der Waals surface area contributed by atoms with Crippen LogP contribution in [0.15, 0.2) is 0 Å². The standard InChI is InChI=1S/C13H23ClN6/c1-4-7-15-12-16-11(14)17-13(18-12)20-8-5-6-10(20)9-19(2)3/h10H,4-9H2,1-3H3,(H,15,16,17,18). The zero-order valence-electron chi connectivity index (χ0n) is 12.4. The van der Waals surface area contributed by atoms with Crippen molar-refractivity contribution in [3.63, 3.8) is 0 Å². The fourth-order valence-corrected chi connectivity index (χ4v) is 2.65. The number of halogens is 1. The molecule has 112 valence electrons. The highest BCUT2D eigenvalue weighted by Crippen LogP contribution is 2.24. The van der Waals surface area contributed by atoms with E-state index < -0.39 is 0 Å². The maximum absolute atomic E-state index is 6.02. The minimum atomic E-state index is 0.254. The summed E-state index contributed by atoms with van der Waals surface area (Å²) >= 11 is 6.02. The van der Waals surface area contributed by atoms with Gasteiger partial charge in [0.15, 0.2) is 0 Å². The minimum Gasteiger partial charge on any atom is -0.354 e. The lowest BCUT2D eigenvalue weighted by atomic mass is 10.2. The molecule has 1 unspecified atom stereocenters. The third-order valence-corrected chi connectivity index (χ3v) is 3.51. The van der Waals surface area contributed by atoms with E-state index in [1.54, 1.807) is 0 Å². The van der Waals surface area contributed by atoms with Crippen molar-refractivity contribution in [2.75, 3.05) is 43.9 Å². The second kappa shape index (κ2) is 7.04. The zero-order valence-corrected chi connectivity index (χ0v) is 13.2. The van der Waals surface area contributed by atoms with Crippen LogP contribution in [-0.2, 0) is 0 Å². The Morgan fingerprint density at radius 1 is 1.35 bits per heavy atom. The average Bonchev–Trinajstić information content (AvgIpc) is 2.83. The van der Waals surface area contributed by atoms with Crippen LogP contribution < -0.4 is 10.2 Å². The van der Waals surface area contributed by atoms with Gasteiger partial charge in [0.2, 0.25) is 17.2 Å². The Morgan fingerprint density at radius 2 is 2.15 bits per heavy atom. The monoisotopic (exact) mass is 298 g/mol. The summed E-state index contributed by atoms with van der Waals surface area (Å²) in [5, 5.41) is 3.42. The van der Waals surface area contributed by atoms with Gasteiger partial charge in [0, 0.05) is 25.7 Å². The molecule has 0 amide bonds. The molecule has 20 heavy (non-hydrogen) atoms. The number of hydrogen-bond donors (Lipinski definition) is 1. The van der Waals surface area contributed by atoms with Crippen LogP contribution in [0.4, 0.5) is 11.9 Å². The number of nitrogens with one attached hydrogen (secondary N) is 1. The second-order valence-electron chi connectivity index (χ2n) is 5.41. The highest BCUT2D eigenvalue weighted by Gasteiger charge is 2.27. The quantitative estimate of drug-likeness (QED) is 0.865. The lowest BCUT2D eigenvalue weighted by Crippen LogP contribution is -2.38. The van der Waals surface area contributed by atoms with Crippen molar-refractivity contribution in [3.8, 4) is 0 Å². The van der Waals surface area contributed by atoms with Gasteiger partial charge in [0.05, 0.1) is 0 Å². The van der Waals surface area contributed by atoms with E-state index >= 15 is 0 Å². The molecule has 1 atom stereocenters. The van der Waals surface area contributed by atoms with E-state index in [2.05, 4.69) is 51.1 Å². The van der Waals surface area contributed by atoms with E-state index in [9.17, 15) is 0 Å². The molecule has 1 aliphatic rings. The minimum absolute atomic E-state index is 0.254. The van der Waals surface area contributed by atoms with E-state index in [1.807, 2.05) is 0 Å². The Balaban J connectivity index is 2.15. The van der Waals surface area contributed by atoms with Crippen LogP contribution in [0, 0.1) is 0 Å². The highest BCUT2D eigenvalue weighted by molar-refractivity contribution is 6.28. The van der Waals surface area contributed by atoms with Gasteiger partial charge in [-0.1, -0.05) is 6.92 Å². The Morgan fingerprint density at radius 3 is 2.85 bits per heavy atom. The van der Waals surface area contributed by atoms with Gasteiger partial charge in [-0.25, -0.2) is 0 Å². The molecule has 6 nitrogen and oxygen atoms in total. The molecule has 0 aliphatic carbocycles. The van der Waals surface area contributed by atoms with Crippen LogP contribution in [0.2, 0.25) is 5.28 Å². The summed E-state index contributed by atoms with van der Waals surface area (Å²) in [5.41, 5.74) is 0. The van der Waals surface area contributed by atoms with Crippen LogP contribution in [-0.4, -0.2) is 59.6 Å². The van der Waals surface area contributed by atoms with Crippen LogP contribution >= 0.6 is 11.6 Å². The first kappa shape index (κ1) is 15.3. The van der Waals surface area contributed by atoms with Gasteiger partial charge < -0.3 is 15.1 Å². The van der Waals surface area contributed by atoms with Crippen molar-refractivity contribution in [2.45, 2.75) is 32.2 Å². The topological polar surface area (TPSA) is 57.2 Å². The van der Waals surface area contributed by atoms with Crippen molar-refractivity contribution in [3.05, 3.63) is 5.28 Å². The smallest absolute Gasteiger partial charge is 0.231 e. The predicted octanol–water partition coefficient (Wildman–Crippen LogP) is 1.88. The Labute approximate surface area is 125 Å². The SMILES string of the molecule is CCCNc1nc(Cl)nc(N2CCCC2CN(C)C)n1. The molecule has 0 aromatic carbocycles. The first-order valence-electron chi connectivity index (χ1n) is 7.17.